The van der Waals surface area contributed by atoms with E-state index in [0.29, 0.717) is 29.0 Å². The lowest BCUT2D eigenvalue weighted by Gasteiger charge is -2.34. The number of carbonyl (C=O) groups is 2. The normalized spacial score (nSPS) is 21.3. The van der Waals surface area contributed by atoms with Crippen molar-refractivity contribution in [1.82, 2.24) is 9.78 Å². The van der Waals surface area contributed by atoms with Gasteiger partial charge in [-0.3, -0.25) is 14.3 Å². The molecule has 2 heterocycles. The molecule has 0 unspecified atom stereocenters. The van der Waals surface area contributed by atoms with Gasteiger partial charge in [0, 0.05) is 11.4 Å². The van der Waals surface area contributed by atoms with Gasteiger partial charge in [0.1, 0.15) is 5.69 Å². The molecular weight excluding hydrogens is 459 g/mol. The maximum atomic E-state index is 13.5. The smallest absolute Gasteiger partial charge is 0.322 e. The number of hydrogen-bond acceptors (Lipinski definition) is 4. The topological polar surface area (TPSA) is 91.0 Å². The molecule has 0 radical (unpaired) electrons. The first-order valence-electron chi connectivity index (χ1n) is 11.0. The van der Waals surface area contributed by atoms with Crippen LogP contribution in [-0.4, -0.2) is 33.8 Å². The van der Waals surface area contributed by atoms with E-state index >= 15 is 0 Å². The Labute approximate surface area is 198 Å². The number of fused-ring (bicyclic) bond motifs is 1. The zero-order valence-corrected chi connectivity index (χ0v) is 18.6. The van der Waals surface area contributed by atoms with Gasteiger partial charge in [-0.2, -0.15) is 23.5 Å². The Bertz CT molecular complexity index is 1360. The number of hydrogen-bond donors (Lipinski definition) is 1. The molecule has 7 nitrogen and oxygen atoms in total. The van der Waals surface area contributed by atoms with Crippen molar-refractivity contribution < 1.29 is 22.8 Å². The van der Waals surface area contributed by atoms with E-state index in [-0.39, 0.29) is 23.7 Å². The lowest BCUT2D eigenvalue weighted by atomic mass is 10.1. The first-order chi connectivity index (χ1) is 16.7. The fourth-order valence-electron chi connectivity index (χ4n) is 4.61. The summed E-state index contributed by atoms with van der Waals surface area (Å²) in [5.74, 6) is -2.82. The molecular formula is C25H20F3N5O2. The summed E-state index contributed by atoms with van der Waals surface area (Å²) in [5, 5.41) is 16.0. The maximum Gasteiger partial charge on any atom is 0.392 e. The van der Waals surface area contributed by atoms with E-state index in [1.54, 1.807) is 42.5 Å². The Morgan fingerprint density at radius 1 is 1.20 bits per heavy atom. The van der Waals surface area contributed by atoms with Crippen LogP contribution < -0.4 is 10.2 Å². The average molecular weight is 479 g/mol. The number of nitrogens with zero attached hydrogens (tertiary/aromatic N) is 4. The first-order valence-corrected chi connectivity index (χ1v) is 11.0. The van der Waals surface area contributed by atoms with Crippen LogP contribution >= 0.6 is 0 Å². The highest BCUT2D eigenvalue weighted by Crippen LogP contribution is 2.56. The zero-order valence-electron chi connectivity index (χ0n) is 18.6. The molecule has 0 bridgehead atoms. The van der Waals surface area contributed by atoms with Crippen LogP contribution in [0.5, 0.6) is 0 Å². The number of rotatable bonds is 4. The fraction of sp³-hybridized carbons (Fsp3) is 0.280. The van der Waals surface area contributed by atoms with Gasteiger partial charge in [0.15, 0.2) is 0 Å². The fourth-order valence-corrected chi connectivity index (χ4v) is 4.61. The molecule has 1 aromatic heterocycles. The third-order valence-electron chi connectivity index (χ3n) is 6.44. The Kier molecular flexibility index (Phi) is 5.35. The number of benzene rings is 2. The third kappa shape index (κ3) is 4.14. The number of nitriles is 1. The van der Waals surface area contributed by atoms with Crippen LogP contribution in [-0.2, 0) is 6.54 Å². The van der Waals surface area contributed by atoms with Gasteiger partial charge in [-0.05, 0) is 55.2 Å². The number of alkyl halides is 3. The second-order valence-electron chi connectivity index (χ2n) is 8.84. The van der Waals surface area contributed by atoms with Gasteiger partial charge in [-0.1, -0.05) is 18.2 Å². The number of aromatic nitrogens is 2. The predicted molar refractivity (Wildman–Crippen MR) is 121 cm³/mol. The van der Waals surface area contributed by atoms with Crippen LogP contribution in [0, 0.1) is 17.2 Å². The molecule has 0 saturated heterocycles. The van der Waals surface area contributed by atoms with Crippen molar-refractivity contribution in [2.24, 2.45) is 5.92 Å². The second-order valence-corrected chi connectivity index (χ2v) is 8.84. The molecule has 2 amide bonds. The van der Waals surface area contributed by atoms with E-state index in [9.17, 15) is 22.8 Å². The van der Waals surface area contributed by atoms with Crippen molar-refractivity contribution in [1.29, 1.82) is 5.26 Å². The van der Waals surface area contributed by atoms with Crippen LogP contribution in [0.1, 0.15) is 51.2 Å². The standard InChI is InChI=1S/C25H20F3N5O2/c1-14-13-32-22(20(12-30-32)23(34)31-17-4-2-3-15(9-17)11-29)24(35)33(14)18-7-5-16(6-8-18)19-10-21(19)25(26,27)28/h2-9,12,14,19,21H,10,13H2,1H3,(H,31,34)/t14-,19-,21+/m0/s1. The van der Waals surface area contributed by atoms with Gasteiger partial charge in [-0.25, -0.2) is 0 Å². The van der Waals surface area contributed by atoms with Crippen molar-refractivity contribution in [2.45, 2.75) is 38.0 Å². The summed E-state index contributed by atoms with van der Waals surface area (Å²) in [4.78, 5) is 27.9. The quantitative estimate of drug-likeness (QED) is 0.586. The largest absolute Gasteiger partial charge is 0.392 e. The maximum absolute atomic E-state index is 13.5. The van der Waals surface area contributed by atoms with E-state index in [4.69, 9.17) is 5.26 Å². The summed E-state index contributed by atoms with van der Waals surface area (Å²) in [6.07, 6.45) is -2.79. The summed E-state index contributed by atoms with van der Waals surface area (Å²) in [7, 11) is 0. The number of halogens is 3. The zero-order chi connectivity index (χ0) is 24.9. The van der Waals surface area contributed by atoms with Gasteiger partial charge in [0.25, 0.3) is 11.8 Å². The Morgan fingerprint density at radius 3 is 2.60 bits per heavy atom. The molecule has 1 aliphatic heterocycles. The van der Waals surface area contributed by atoms with E-state index in [1.165, 1.54) is 21.8 Å². The lowest BCUT2D eigenvalue weighted by molar-refractivity contribution is -0.148. The molecule has 3 atom stereocenters. The van der Waals surface area contributed by atoms with Crippen molar-refractivity contribution in [2.75, 3.05) is 10.2 Å². The first kappa shape index (κ1) is 22.7. The highest BCUT2D eigenvalue weighted by atomic mass is 19.4. The average Bonchev–Trinajstić information content (AvgIpc) is 3.53. The molecule has 35 heavy (non-hydrogen) atoms. The molecule has 178 valence electrons. The Morgan fingerprint density at radius 2 is 1.94 bits per heavy atom. The van der Waals surface area contributed by atoms with Gasteiger partial charge >= 0.3 is 6.18 Å². The molecule has 0 spiro atoms. The Balaban J connectivity index is 1.38. The highest BCUT2D eigenvalue weighted by molar-refractivity contribution is 6.15. The van der Waals surface area contributed by atoms with Crippen LogP contribution in [0.3, 0.4) is 0 Å². The molecule has 2 aromatic carbocycles. The van der Waals surface area contributed by atoms with Crippen LogP contribution in [0.4, 0.5) is 24.5 Å². The minimum Gasteiger partial charge on any atom is -0.322 e. The minimum absolute atomic E-state index is 0.0802. The molecule has 5 rings (SSSR count). The molecule has 1 N–H and O–H groups in total. The monoisotopic (exact) mass is 479 g/mol. The molecule has 10 heteroatoms. The summed E-state index contributed by atoms with van der Waals surface area (Å²) in [6, 6.07) is 14.7. The van der Waals surface area contributed by atoms with Gasteiger partial charge in [-0.15, -0.1) is 0 Å². The number of anilines is 2. The number of carbonyl (C=O) groups excluding carboxylic acids is 2. The summed E-state index contributed by atoms with van der Waals surface area (Å²) < 4.78 is 40.3. The Hall–Kier alpha value is -4.13. The predicted octanol–water partition coefficient (Wildman–Crippen LogP) is 4.72. The molecule has 3 aromatic rings. The third-order valence-corrected chi connectivity index (χ3v) is 6.44. The van der Waals surface area contributed by atoms with E-state index in [2.05, 4.69) is 10.4 Å². The van der Waals surface area contributed by atoms with Crippen LogP contribution in [0.2, 0.25) is 0 Å². The summed E-state index contributed by atoms with van der Waals surface area (Å²) in [6.45, 7) is 2.18. The van der Waals surface area contributed by atoms with Gasteiger partial charge < -0.3 is 10.2 Å². The SMILES string of the molecule is C[C@H]1Cn2ncc(C(=O)Nc3cccc(C#N)c3)c2C(=O)N1c1ccc([C@@H]2C[C@H]2C(F)(F)F)cc1. The molecule has 2 aliphatic rings. The van der Waals surface area contributed by atoms with Crippen molar-refractivity contribution >= 4 is 23.2 Å². The van der Waals surface area contributed by atoms with Gasteiger partial charge in [0.05, 0.1) is 41.9 Å². The van der Waals surface area contributed by atoms with E-state index < -0.39 is 29.8 Å². The molecule has 1 saturated carbocycles. The van der Waals surface area contributed by atoms with Crippen molar-refractivity contribution in [3.8, 4) is 6.07 Å². The van der Waals surface area contributed by atoms with Crippen molar-refractivity contribution in [3.05, 3.63) is 77.1 Å². The summed E-state index contributed by atoms with van der Waals surface area (Å²) in [5.41, 5.74) is 2.15. The van der Waals surface area contributed by atoms with E-state index in [1.807, 2.05) is 13.0 Å². The van der Waals surface area contributed by atoms with Crippen LogP contribution in [0.15, 0.2) is 54.7 Å². The highest BCUT2D eigenvalue weighted by Gasteiger charge is 2.56. The minimum atomic E-state index is -4.20. The van der Waals surface area contributed by atoms with Crippen LogP contribution in [0.25, 0.3) is 0 Å². The summed E-state index contributed by atoms with van der Waals surface area (Å²) >= 11 is 0. The second kappa shape index (κ2) is 8.27. The van der Waals surface area contributed by atoms with E-state index in [0.717, 1.165) is 0 Å². The van der Waals surface area contributed by atoms with Gasteiger partial charge in [0.2, 0.25) is 0 Å². The molecule has 1 aliphatic carbocycles. The molecule has 1 fully saturated rings. The lowest BCUT2D eigenvalue weighted by Crippen LogP contribution is -2.47. The van der Waals surface area contributed by atoms with Crippen molar-refractivity contribution in [3.63, 3.8) is 0 Å². The number of amides is 2. The number of nitrogens with one attached hydrogen (secondary N) is 1.